The number of carboxylic acid groups (broad SMARTS) is 1. The quantitative estimate of drug-likeness (QED) is 0.321. The van der Waals surface area contributed by atoms with Crippen LogP contribution in [0.3, 0.4) is 0 Å². The van der Waals surface area contributed by atoms with Crippen LogP contribution in [0.4, 0.5) is 11.6 Å². The highest BCUT2D eigenvalue weighted by Gasteiger charge is 2.47. The number of piperidine rings is 1. The molecular formula is C29H36N4O4. The van der Waals surface area contributed by atoms with E-state index in [0.717, 1.165) is 49.9 Å². The predicted octanol–water partition coefficient (Wildman–Crippen LogP) is 5.78. The van der Waals surface area contributed by atoms with Crippen molar-refractivity contribution in [2.75, 3.05) is 23.3 Å². The molecule has 1 saturated heterocycles. The first-order chi connectivity index (χ1) is 17.9. The van der Waals surface area contributed by atoms with Gasteiger partial charge in [-0.15, -0.1) is 0 Å². The maximum Gasteiger partial charge on any atom is 0.342 e. The number of para-hydroxylation sites is 1. The number of aromatic carboxylic acids is 1. The third-order valence-corrected chi connectivity index (χ3v) is 7.87. The van der Waals surface area contributed by atoms with Gasteiger partial charge >= 0.3 is 5.97 Å². The number of hydrogen-bond donors (Lipinski definition) is 3. The predicted molar refractivity (Wildman–Crippen MR) is 146 cm³/mol. The molecule has 1 aliphatic heterocycles. The Balaban J connectivity index is 1.51. The van der Waals surface area contributed by atoms with Crippen molar-refractivity contribution in [3.63, 3.8) is 0 Å². The summed E-state index contributed by atoms with van der Waals surface area (Å²) in [4.78, 5) is 32.4. The van der Waals surface area contributed by atoms with E-state index >= 15 is 0 Å². The Labute approximate surface area is 217 Å². The summed E-state index contributed by atoms with van der Waals surface area (Å²) in [6.07, 6.45) is 5.16. The molecule has 196 valence electrons. The van der Waals surface area contributed by atoms with E-state index in [1.54, 1.807) is 0 Å². The Morgan fingerprint density at radius 1 is 1.11 bits per heavy atom. The molecule has 3 aromatic rings. The lowest BCUT2D eigenvalue weighted by Gasteiger charge is -2.56. The average molecular weight is 505 g/mol. The number of ether oxygens (including phenoxy) is 1. The number of H-pyrrole nitrogens is 1. The van der Waals surface area contributed by atoms with E-state index in [-0.39, 0.29) is 11.1 Å². The Kier molecular flexibility index (Phi) is 8.16. The summed E-state index contributed by atoms with van der Waals surface area (Å²) in [5.74, 6) is 1.46. The van der Waals surface area contributed by atoms with Gasteiger partial charge in [0.1, 0.15) is 17.1 Å². The Morgan fingerprint density at radius 2 is 1.78 bits per heavy atom. The molecule has 8 nitrogen and oxygen atoms in total. The minimum Gasteiger partial charge on any atom is -0.477 e. The zero-order valence-electron chi connectivity index (χ0n) is 21.7. The molecule has 2 aromatic carbocycles. The zero-order valence-corrected chi connectivity index (χ0v) is 21.7. The van der Waals surface area contributed by atoms with E-state index in [1.807, 2.05) is 42.5 Å². The maximum atomic E-state index is 12.0. The van der Waals surface area contributed by atoms with E-state index in [1.165, 1.54) is 5.69 Å². The number of nitrogens with zero attached hydrogens (tertiary/aromatic N) is 2. The number of anilines is 2. The van der Waals surface area contributed by atoms with Gasteiger partial charge in [-0.2, -0.15) is 0 Å². The molecule has 4 rings (SSSR count). The fourth-order valence-corrected chi connectivity index (χ4v) is 6.04. The van der Waals surface area contributed by atoms with Crippen LogP contribution in [0.2, 0.25) is 0 Å². The van der Waals surface area contributed by atoms with Crippen molar-refractivity contribution < 1.29 is 14.6 Å². The molecule has 3 N–H and O–H groups in total. The highest BCUT2D eigenvalue weighted by Crippen LogP contribution is 2.46. The van der Waals surface area contributed by atoms with Crippen molar-refractivity contribution >= 4 is 17.6 Å². The fraction of sp³-hybridized carbons (Fsp3) is 0.414. The summed E-state index contributed by atoms with van der Waals surface area (Å²) in [5.41, 5.74) is 0.184. The molecule has 2 atom stereocenters. The Hall–Kier alpha value is -3.81. The number of aromatic amines is 1. The lowest BCUT2D eigenvalue weighted by molar-refractivity contribution is 0.0694. The molecule has 0 radical (unpaired) electrons. The van der Waals surface area contributed by atoms with E-state index < -0.39 is 11.5 Å². The Morgan fingerprint density at radius 3 is 2.38 bits per heavy atom. The molecule has 0 saturated carbocycles. The summed E-state index contributed by atoms with van der Waals surface area (Å²) in [5, 5.41) is 12.3. The van der Waals surface area contributed by atoms with E-state index in [9.17, 15) is 9.59 Å². The molecule has 0 spiro atoms. The number of aromatic nitrogens is 2. The summed E-state index contributed by atoms with van der Waals surface area (Å²) in [6, 6.07) is 18.2. The molecule has 37 heavy (non-hydrogen) atoms. The van der Waals surface area contributed by atoms with Gasteiger partial charge in [0.15, 0.2) is 0 Å². The van der Waals surface area contributed by atoms with Crippen LogP contribution in [0.15, 0.2) is 65.6 Å². The van der Waals surface area contributed by atoms with E-state index in [0.29, 0.717) is 24.3 Å². The second-order valence-electron chi connectivity index (χ2n) is 9.60. The summed E-state index contributed by atoms with van der Waals surface area (Å²) >= 11 is 0. The summed E-state index contributed by atoms with van der Waals surface area (Å²) in [6.45, 7) is 8.37. The zero-order chi connectivity index (χ0) is 26.4. The van der Waals surface area contributed by atoms with Crippen LogP contribution in [0, 0.1) is 11.8 Å². The van der Waals surface area contributed by atoms with Crippen LogP contribution in [0.1, 0.15) is 56.8 Å². The van der Waals surface area contributed by atoms with Crippen LogP contribution in [-0.2, 0) is 0 Å². The van der Waals surface area contributed by atoms with Gasteiger partial charge in [0.25, 0.3) is 5.56 Å². The van der Waals surface area contributed by atoms with Crippen molar-refractivity contribution in [1.29, 1.82) is 0 Å². The number of rotatable bonds is 10. The number of hydrogen-bond acceptors (Lipinski definition) is 6. The smallest absolute Gasteiger partial charge is 0.342 e. The third kappa shape index (κ3) is 5.48. The van der Waals surface area contributed by atoms with Gasteiger partial charge in [0, 0.05) is 24.3 Å². The second kappa shape index (κ2) is 11.5. The molecule has 0 amide bonds. The second-order valence-corrected chi connectivity index (χ2v) is 9.60. The highest BCUT2D eigenvalue weighted by molar-refractivity contribution is 5.86. The molecule has 0 aliphatic carbocycles. The van der Waals surface area contributed by atoms with Crippen molar-refractivity contribution in [1.82, 2.24) is 9.97 Å². The van der Waals surface area contributed by atoms with Crippen LogP contribution >= 0.6 is 0 Å². The maximum absolute atomic E-state index is 12.0. The molecule has 2 unspecified atom stereocenters. The van der Waals surface area contributed by atoms with Crippen LogP contribution in [0.25, 0.3) is 0 Å². The van der Waals surface area contributed by atoms with Gasteiger partial charge in [-0.05, 0) is 67.5 Å². The van der Waals surface area contributed by atoms with E-state index in [4.69, 9.17) is 9.84 Å². The van der Waals surface area contributed by atoms with Crippen LogP contribution < -0.4 is 20.5 Å². The summed E-state index contributed by atoms with van der Waals surface area (Å²) in [7, 11) is 0. The molecule has 1 aromatic heterocycles. The normalized spacial score (nSPS) is 18.8. The topological polar surface area (TPSA) is 108 Å². The lowest BCUT2D eigenvalue weighted by atomic mass is 9.66. The lowest BCUT2D eigenvalue weighted by Crippen LogP contribution is -2.60. The van der Waals surface area contributed by atoms with Crippen LogP contribution in [-0.4, -0.2) is 39.7 Å². The minimum atomic E-state index is -1.28. The number of nitrogens with one attached hydrogen (secondary N) is 2. The van der Waals surface area contributed by atoms with Crippen LogP contribution in [0.5, 0.6) is 11.5 Å². The van der Waals surface area contributed by atoms with Gasteiger partial charge in [0.05, 0.1) is 6.20 Å². The van der Waals surface area contributed by atoms with Gasteiger partial charge < -0.3 is 20.1 Å². The largest absolute Gasteiger partial charge is 0.477 e. The number of carbonyl (C=O) groups is 1. The molecular weight excluding hydrogens is 468 g/mol. The van der Waals surface area contributed by atoms with Gasteiger partial charge in [-0.3, -0.25) is 9.78 Å². The summed E-state index contributed by atoms with van der Waals surface area (Å²) < 4.78 is 6.00. The van der Waals surface area contributed by atoms with Gasteiger partial charge in [-0.1, -0.05) is 45.4 Å². The van der Waals surface area contributed by atoms with Crippen molar-refractivity contribution in [2.24, 2.45) is 11.8 Å². The highest BCUT2D eigenvalue weighted by atomic mass is 16.5. The molecule has 8 heteroatoms. The van der Waals surface area contributed by atoms with Gasteiger partial charge in [0.2, 0.25) is 5.95 Å². The van der Waals surface area contributed by atoms with Crippen molar-refractivity contribution in [2.45, 2.75) is 52.0 Å². The SMILES string of the molecule is CCC1C(CNc2ncc(C(=O)O)c(=O)[nH]2)CCN(c2ccc(Oc3ccccc3)cc2)C1(CC)CC. The molecule has 1 aliphatic rings. The Bertz CT molecular complexity index is 1240. The number of carboxylic acids is 1. The van der Waals surface area contributed by atoms with Crippen molar-refractivity contribution in [3.05, 3.63) is 76.7 Å². The molecule has 0 bridgehead atoms. The minimum absolute atomic E-state index is 0.00481. The first kappa shape index (κ1) is 26.3. The van der Waals surface area contributed by atoms with E-state index in [2.05, 4.69) is 53.1 Å². The third-order valence-electron chi connectivity index (χ3n) is 7.87. The monoisotopic (exact) mass is 504 g/mol. The average Bonchev–Trinajstić information content (AvgIpc) is 2.92. The van der Waals surface area contributed by atoms with Crippen molar-refractivity contribution in [3.8, 4) is 11.5 Å². The first-order valence-corrected chi connectivity index (χ1v) is 13.1. The molecule has 1 fully saturated rings. The molecule has 2 heterocycles. The standard InChI is InChI=1S/C29H36N4O4/c1-4-25-20(18-30-28-31-19-24(27(35)36)26(34)32-28)16-17-33(29(25,5-2)6-3)21-12-14-23(15-13-21)37-22-10-8-7-9-11-22/h7-15,19-20,25H,4-6,16-18H2,1-3H3,(H,35,36)(H2,30,31,32,34). The van der Waals surface area contributed by atoms with Gasteiger partial charge in [-0.25, -0.2) is 9.78 Å². The first-order valence-electron chi connectivity index (χ1n) is 13.1. The number of benzene rings is 2. The fourth-order valence-electron chi connectivity index (χ4n) is 6.04.